The third kappa shape index (κ3) is 4.99. The second-order valence-corrected chi connectivity index (χ2v) is 10.5. The number of aryl methyl sites for hydroxylation is 1. The van der Waals surface area contributed by atoms with Crippen molar-refractivity contribution in [2.45, 2.75) is 51.5 Å². The Labute approximate surface area is 211 Å². The van der Waals surface area contributed by atoms with Gasteiger partial charge < -0.3 is 14.2 Å². The van der Waals surface area contributed by atoms with E-state index in [1.54, 1.807) is 17.0 Å². The van der Waals surface area contributed by atoms with Crippen molar-refractivity contribution in [1.82, 2.24) is 9.55 Å². The molecule has 0 saturated carbocycles. The number of hydrogen-bond donors (Lipinski definition) is 0. The number of rotatable bonds is 7. The van der Waals surface area contributed by atoms with E-state index in [4.69, 9.17) is 9.72 Å². The minimum absolute atomic E-state index is 0.0270. The molecular weight excluding hydrogens is 453 g/mol. The summed E-state index contributed by atoms with van der Waals surface area (Å²) >= 11 is 0. The van der Waals surface area contributed by atoms with Crippen LogP contribution < -0.4 is 9.64 Å². The number of nitrogens with zero attached hydrogens (tertiary/aromatic N) is 3. The largest absolute Gasteiger partial charge is 0.494 e. The molecule has 6 heteroatoms. The van der Waals surface area contributed by atoms with Crippen molar-refractivity contribution >= 4 is 22.6 Å². The zero-order valence-electron chi connectivity index (χ0n) is 21.1. The summed E-state index contributed by atoms with van der Waals surface area (Å²) in [4.78, 5) is 19.5. The molecule has 4 aromatic rings. The fourth-order valence-corrected chi connectivity index (χ4v) is 4.86. The highest BCUT2D eigenvalue weighted by atomic mass is 19.1. The van der Waals surface area contributed by atoms with E-state index >= 15 is 0 Å². The van der Waals surface area contributed by atoms with Gasteiger partial charge in [-0.15, -0.1) is 0 Å². The first kappa shape index (κ1) is 24.0. The molecule has 0 bridgehead atoms. The molecule has 5 nitrogen and oxygen atoms in total. The van der Waals surface area contributed by atoms with Gasteiger partial charge in [-0.25, -0.2) is 9.37 Å². The van der Waals surface area contributed by atoms with Gasteiger partial charge in [0.1, 0.15) is 17.4 Å². The molecule has 3 aromatic carbocycles. The average Bonchev–Trinajstić information content (AvgIpc) is 3.42. The van der Waals surface area contributed by atoms with E-state index in [9.17, 15) is 9.18 Å². The summed E-state index contributed by atoms with van der Waals surface area (Å²) in [6, 6.07) is 22.5. The lowest BCUT2D eigenvalue weighted by atomic mass is 9.87. The van der Waals surface area contributed by atoms with Crippen LogP contribution in [0.15, 0.2) is 72.8 Å². The van der Waals surface area contributed by atoms with Crippen molar-refractivity contribution in [3.05, 3.63) is 90.0 Å². The number of anilines is 1. The molecule has 1 aliphatic heterocycles. The number of hydrogen-bond acceptors (Lipinski definition) is 3. The molecule has 0 radical (unpaired) electrons. The molecule has 36 heavy (non-hydrogen) atoms. The number of carbonyl (C=O) groups is 1. The minimum atomic E-state index is -0.309. The quantitative estimate of drug-likeness (QED) is 0.282. The van der Waals surface area contributed by atoms with Crippen LogP contribution in [0.1, 0.15) is 50.9 Å². The summed E-state index contributed by atoms with van der Waals surface area (Å²) in [6.45, 7) is 8.47. The molecule has 1 atom stereocenters. The van der Waals surface area contributed by atoms with Crippen LogP contribution in [0.5, 0.6) is 5.75 Å². The Balaban J connectivity index is 1.29. The number of halogens is 1. The molecule has 1 aliphatic rings. The summed E-state index contributed by atoms with van der Waals surface area (Å²) in [5, 5.41) is 0. The highest BCUT2D eigenvalue weighted by molar-refractivity contribution is 5.96. The predicted octanol–water partition coefficient (Wildman–Crippen LogP) is 6.46. The number of carbonyl (C=O) groups excluding carboxylic acids is 1. The van der Waals surface area contributed by atoms with E-state index in [0.717, 1.165) is 41.3 Å². The van der Waals surface area contributed by atoms with Gasteiger partial charge in [-0.2, -0.15) is 0 Å². The first-order chi connectivity index (χ1) is 17.3. The Morgan fingerprint density at radius 2 is 1.72 bits per heavy atom. The van der Waals surface area contributed by atoms with Crippen LogP contribution in [-0.4, -0.2) is 28.6 Å². The van der Waals surface area contributed by atoms with Crippen LogP contribution in [0.2, 0.25) is 0 Å². The van der Waals surface area contributed by atoms with Crippen molar-refractivity contribution < 1.29 is 13.9 Å². The van der Waals surface area contributed by atoms with Crippen molar-refractivity contribution in [3.63, 3.8) is 0 Å². The minimum Gasteiger partial charge on any atom is -0.494 e. The lowest BCUT2D eigenvalue weighted by Gasteiger charge is -2.19. The van der Waals surface area contributed by atoms with Crippen LogP contribution >= 0.6 is 0 Å². The van der Waals surface area contributed by atoms with Crippen molar-refractivity contribution in [1.29, 1.82) is 0 Å². The van der Waals surface area contributed by atoms with Crippen LogP contribution in [0.25, 0.3) is 11.0 Å². The second-order valence-electron chi connectivity index (χ2n) is 10.5. The molecule has 1 fully saturated rings. The molecule has 186 valence electrons. The van der Waals surface area contributed by atoms with Gasteiger partial charge >= 0.3 is 0 Å². The van der Waals surface area contributed by atoms with Crippen LogP contribution in [0, 0.1) is 5.82 Å². The summed E-state index contributed by atoms with van der Waals surface area (Å²) < 4.78 is 21.6. The van der Waals surface area contributed by atoms with Crippen molar-refractivity contribution in [2.75, 3.05) is 18.1 Å². The average molecular weight is 486 g/mol. The standard InChI is InChI=1S/C30H32FN3O2/c1-30(2,3)22-9-15-25(16-10-22)36-18-6-17-33-27-8-5-4-7-26(27)32-29(33)21-19-28(35)34(20-21)24-13-11-23(31)12-14-24/h4-5,7-16,21H,6,17-20H2,1-3H3. The van der Waals surface area contributed by atoms with Gasteiger partial charge in [-0.3, -0.25) is 4.79 Å². The number of benzene rings is 3. The topological polar surface area (TPSA) is 47.4 Å². The van der Waals surface area contributed by atoms with Crippen LogP contribution in [0.4, 0.5) is 10.1 Å². The fourth-order valence-electron chi connectivity index (χ4n) is 4.86. The lowest BCUT2D eigenvalue weighted by molar-refractivity contribution is -0.117. The molecule has 0 spiro atoms. The summed E-state index contributed by atoms with van der Waals surface area (Å²) in [6.07, 6.45) is 1.20. The predicted molar refractivity (Wildman–Crippen MR) is 141 cm³/mol. The molecule has 1 amide bonds. The van der Waals surface area contributed by atoms with E-state index < -0.39 is 0 Å². The maximum Gasteiger partial charge on any atom is 0.227 e. The van der Waals surface area contributed by atoms with Gasteiger partial charge in [0.15, 0.2) is 0 Å². The Kier molecular flexibility index (Phi) is 6.52. The van der Waals surface area contributed by atoms with Gasteiger partial charge in [0.05, 0.1) is 17.6 Å². The zero-order chi connectivity index (χ0) is 25.3. The van der Waals surface area contributed by atoms with E-state index in [1.165, 1.54) is 17.7 Å². The number of fused-ring (bicyclic) bond motifs is 1. The second kappa shape index (κ2) is 9.76. The smallest absolute Gasteiger partial charge is 0.227 e. The number of aromatic nitrogens is 2. The first-order valence-corrected chi connectivity index (χ1v) is 12.5. The Morgan fingerprint density at radius 3 is 2.44 bits per heavy atom. The molecule has 1 saturated heterocycles. The number of amides is 1. The van der Waals surface area contributed by atoms with Crippen molar-refractivity contribution in [2.24, 2.45) is 0 Å². The van der Waals surface area contributed by atoms with Gasteiger partial charge in [0, 0.05) is 31.1 Å². The zero-order valence-corrected chi connectivity index (χ0v) is 21.1. The molecule has 2 heterocycles. The molecule has 0 aliphatic carbocycles. The van der Waals surface area contributed by atoms with Crippen molar-refractivity contribution in [3.8, 4) is 5.75 Å². The molecule has 1 aromatic heterocycles. The summed E-state index contributed by atoms with van der Waals surface area (Å²) in [7, 11) is 0. The third-order valence-corrected chi connectivity index (χ3v) is 6.83. The highest BCUT2D eigenvalue weighted by Gasteiger charge is 2.34. The normalized spacial score (nSPS) is 16.2. The fraction of sp³-hybridized carbons (Fsp3) is 0.333. The monoisotopic (exact) mass is 485 g/mol. The van der Waals surface area contributed by atoms with E-state index in [1.807, 2.05) is 30.3 Å². The Hall–Kier alpha value is -3.67. The molecule has 5 rings (SSSR count). The lowest BCUT2D eigenvalue weighted by Crippen LogP contribution is -2.24. The maximum absolute atomic E-state index is 13.4. The molecular formula is C30H32FN3O2. The van der Waals surface area contributed by atoms with Gasteiger partial charge in [0.2, 0.25) is 5.91 Å². The van der Waals surface area contributed by atoms with Gasteiger partial charge in [-0.05, 0) is 65.9 Å². The van der Waals surface area contributed by atoms with E-state index in [2.05, 4.69) is 43.5 Å². The van der Waals surface area contributed by atoms with Gasteiger partial charge in [-0.1, -0.05) is 45.0 Å². The molecule has 1 unspecified atom stereocenters. The summed E-state index contributed by atoms with van der Waals surface area (Å²) in [5.41, 5.74) is 4.11. The van der Waals surface area contributed by atoms with E-state index in [-0.39, 0.29) is 23.1 Å². The first-order valence-electron chi connectivity index (χ1n) is 12.5. The van der Waals surface area contributed by atoms with E-state index in [0.29, 0.717) is 19.6 Å². The number of imidazole rings is 1. The van der Waals surface area contributed by atoms with Crippen LogP contribution in [0.3, 0.4) is 0 Å². The Morgan fingerprint density at radius 1 is 1.00 bits per heavy atom. The number of ether oxygens (including phenoxy) is 1. The summed E-state index contributed by atoms with van der Waals surface area (Å²) in [5.74, 6) is 1.49. The SMILES string of the molecule is CC(C)(C)c1ccc(OCCCn2c(C3CC(=O)N(c4ccc(F)cc4)C3)nc3ccccc32)cc1. The maximum atomic E-state index is 13.4. The van der Waals surface area contributed by atoms with Gasteiger partial charge in [0.25, 0.3) is 0 Å². The highest BCUT2D eigenvalue weighted by Crippen LogP contribution is 2.33. The number of para-hydroxylation sites is 2. The molecule has 0 N–H and O–H groups in total. The third-order valence-electron chi connectivity index (χ3n) is 6.83. The van der Waals surface area contributed by atoms with Crippen LogP contribution in [-0.2, 0) is 16.8 Å². The Bertz CT molecular complexity index is 1350.